The van der Waals surface area contributed by atoms with Crippen LogP contribution in [0.1, 0.15) is 43.5 Å². The number of rotatable bonds is 8. The van der Waals surface area contributed by atoms with Gasteiger partial charge in [0, 0.05) is 30.8 Å². The van der Waals surface area contributed by atoms with Crippen LogP contribution in [0.25, 0.3) is 0 Å². The Morgan fingerprint density at radius 2 is 2.00 bits per heavy atom. The van der Waals surface area contributed by atoms with Crippen molar-refractivity contribution in [2.24, 2.45) is 11.8 Å². The standard InChI is InChI=1S/C24H30ClN3O4/c1-16(2)9-13-32-22-19(25)14-18(15-20(22)31-3)24(30)28-11-7-17(8-12-28)23(29)27-21-6-4-5-10-26-21/h4-6,10,14-17H,7-9,11-13H2,1-3H3,(H,26,27,29). The number of nitrogens with zero attached hydrogens (tertiary/aromatic N) is 2. The van der Waals surface area contributed by atoms with E-state index < -0.39 is 0 Å². The van der Waals surface area contributed by atoms with Gasteiger partial charge in [-0.05, 0) is 49.4 Å². The summed E-state index contributed by atoms with van der Waals surface area (Å²) in [5, 5.41) is 3.19. The van der Waals surface area contributed by atoms with Crippen molar-refractivity contribution in [3.63, 3.8) is 0 Å². The molecule has 0 aliphatic carbocycles. The summed E-state index contributed by atoms with van der Waals surface area (Å²) in [6, 6.07) is 8.66. The van der Waals surface area contributed by atoms with Gasteiger partial charge in [-0.3, -0.25) is 9.59 Å². The van der Waals surface area contributed by atoms with Crippen molar-refractivity contribution in [1.82, 2.24) is 9.88 Å². The predicted molar refractivity (Wildman–Crippen MR) is 124 cm³/mol. The van der Waals surface area contributed by atoms with Gasteiger partial charge in [-0.1, -0.05) is 31.5 Å². The number of ether oxygens (including phenoxy) is 2. The fourth-order valence-corrected chi connectivity index (χ4v) is 3.84. The molecule has 2 heterocycles. The zero-order chi connectivity index (χ0) is 23.1. The molecule has 2 aromatic rings. The molecule has 0 unspecified atom stereocenters. The van der Waals surface area contributed by atoms with Gasteiger partial charge in [0.2, 0.25) is 5.91 Å². The number of pyridine rings is 1. The molecule has 1 N–H and O–H groups in total. The molecule has 3 rings (SSSR count). The van der Waals surface area contributed by atoms with Crippen molar-refractivity contribution in [3.05, 3.63) is 47.1 Å². The lowest BCUT2D eigenvalue weighted by atomic mass is 9.95. The topological polar surface area (TPSA) is 80.8 Å². The van der Waals surface area contributed by atoms with Crippen LogP contribution in [0.4, 0.5) is 5.82 Å². The Hall–Kier alpha value is -2.80. The van der Waals surface area contributed by atoms with E-state index in [0.29, 0.717) is 66.4 Å². The third kappa shape index (κ3) is 6.13. The zero-order valence-corrected chi connectivity index (χ0v) is 19.5. The maximum absolute atomic E-state index is 13.1. The minimum atomic E-state index is -0.157. The lowest BCUT2D eigenvalue weighted by Gasteiger charge is -2.31. The van der Waals surface area contributed by atoms with E-state index in [-0.39, 0.29) is 17.7 Å². The number of halogens is 1. The van der Waals surface area contributed by atoms with Crippen molar-refractivity contribution in [3.8, 4) is 11.5 Å². The summed E-state index contributed by atoms with van der Waals surface area (Å²) in [6.07, 6.45) is 3.71. The molecule has 32 heavy (non-hydrogen) atoms. The smallest absolute Gasteiger partial charge is 0.254 e. The minimum Gasteiger partial charge on any atom is -0.493 e. The first-order valence-electron chi connectivity index (χ1n) is 10.9. The van der Waals surface area contributed by atoms with Crippen LogP contribution in [0, 0.1) is 11.8 Å². The van der Waals surface area contributed by atoms with E-state index in [1.54, 1.807) is 35.4 Å². The minimum absolute atomic E-state index is 0.0663. The van der Waals surface area contributed by atoms with Gasteiger partial charge in [-0.2, -0.15) is 0 Å². The summed E-state index contributed by atoms with van der Waals surface area (Å²) in [7, 11) is 1.53. The lowest BCUT2D eigenvalue weighted by molar-refractivity contribution is -0.121. The van der Waals surface area contributed by atoms with E-state index in [0.717, 1.165) is 6.42 Å². The second-order valence-electron chi connectivity index (χ2n) is 8.29. The van der Waals surface area contributed by atoms with Gasteiger partial charge >= 0.3 is 0 Å². The largest absolute Gasteiger partial charge is 0.493 e. The maximum Gasteiger partial charge on any atom is 0.254 e. The summed E-state index contributed by atoms with van der Waals surface area (Å²) in [5.41, 5.74) is 0.444. The Kier molecular flexibility index (Phi) is 8.33. The van der Waals surface area contributed by atoms with E-state index in [1.807, 2.05) is 6.07 Å². The Labute approximate surface area is 194 Å². The number of methoxy groups -OCH3 is 1. The number of hydrogen-bond donors (Lipinski definition) is 1. The van der Waals surface area contributed by atoms with Crippen LogP contribution >= 0.6 is 11.6 Å². The number of piperidine rings is 1. The summed E-state index contributed by atoms with van der Waals surface area (Å²) in [5.74, 6) is 1.58. The van der Waals surface area contributed by atoms with E-state index in [1.165, 1.54) is 7.11 Å². The maximum atomic E-state index is 13.1. The highest BCUT2D eigenvalue weighted by molar-refractivity contribution is 6.32. The third-order valence-electron chi connectivity index (χ3n) is 5.49. The first-order chi connectivity index (χ1) is 15.4. The van der Waals surface area contributed by atoms with Crippen LogP contribution in [0.15, 0.2) is 36.5 Å². The fourth-order valence-electron chi connectivity index (χ4n) is 3.57. The van der Waals surface area contributed by atoms with Crippen molar-refractivity contribution in [2.45, 2.75) is 33.1 Å². The number of carbonyl (C=O) groups is 2. The van der Waals surface area contributed by atoms with Crippen LogP contribution in [0.2, 0.25) is 5.02 Å². The molecule has 172 valence electrons. The molecule has 1 aromatic carbocycles. The third-order valence-corrected chi connectivity index (χ3v) is 5.77. The number of aromatic nitrogens is 1. The molecule has 0 saturated carbocycles. The van der Waals surface area contributed by atoms with Gasteiger partial charge in [0.25, 0.3) is 5.91 Å². The molecule has 7 nitrogen and oxygen atoms in total. The molecule has 1 aliphatic heterocycles. The zero-order valence-electron chi connectivity index (χ0n) is 18.8. The van der Waals surface area contributed by atoms with E-state index in [2.05, 4.69) is 24.1 Å². The van der Waals surface area contributed by atoms with Crippen LogP contribution in [-0.2, 0) is 4.79 Å². The number of nitrogens with one attached hydrogen (secondary N) is 1. The number of hydrogen-bond acceptors (Lipinski definition) is 5. The van der Waals surface area contributed by atoms with E-state index in [4.69, 9.17) is 21.1 Å². The molecule has 1 aliphatic rings. The van der Waals surface area contributed by atoms with Crippen molar-refractivity contribution in [1.29, 1.82) is 0 Å². The molecule has 1 aromatic heterocycles. The molecule has 0 radical (unpaired) electrons. The van der Waals surface area contributed by atoms with Gasteiger partial charge in [-0.15, -0.1) is 0 Å². The summed E-state index contributed by atoms with van der Waals surface area (Å²) in [6.45, 7) is 5.75. The molecule has 2 amide bonds. The number of likely N-dealkylation sites (tertiary alicyclic amines) is 1. The average Bonchev–Trinajstić information content (AvgIpc) is 2.80. The first kappa shape index (κ1) is 23.9. The Balaban J connectivity index is 1.60. The molecule has 0 bridgehead atoms. The van der Waals surface area contributed by atoms with Crippen molar-refractivity contribution < 1.29 is 19.1 Å². The second-order valence-corrected chi connectivity index (χ2v) is 8.70. The van der Waals surface area contributed by atoms with Crippen molar-refractivity contribution in [2.75, 3.05) is 32.1 Å². The normalized spacial score (nSPS) is 14.3. The van der Waals surface area contributed by atoms with E-state index >= 15 is 0 Å². The number of anilines is 1. The quantitative estimate of drug-likeness (QED) is 0.621. The summed E-state index contributed by atoms with van der Waals surface area (Å²) >= 11 is 6.42. The number of amides is 2. The molecule has 8 heteroatoms. The van der Waals surface area contributed by atoms with Gasteiger partial charge in [0.05, 0.1) is 18.7 Å². The number of benzene rings is 1. The highest BCUT2D eigenvalue weighted by Crippen LogP contribution is 2.37. The highest BCUT2D eigenvalue weighted by atomic mass is 35.5. The predicted octanol–water partition coefficient (Wildman–Crippen LogP) is 4.66. The van der Waals surface area contributed by atoms with Crippen LogP contribution in [0.3, 0.4) is 0 Å². The number of carbonyl (C=O) groups excluding carboxylic acids is 2. The summed E-state index contributed by atoms with van der Waals surface area (Å²) in [4.78, 5) is 31.4. The van der Waals surface area contributed by atoms with Crippen LogP contribution in [0.5, 0.6) is 11.5 Å². The first-order valence-corrected chi connectivity index (χ1v) is 11.3. The van der Waals surface area contributed by atoms with Crippen LogP contribution < -0.4 is 14.8 Å². The molecule has 0 atom stereocenters. The fraction of sp³-hybridized carbons (Fsp3) is 0.458. The molecule has 1 fully saturated rings. The molecular weight excluding hydrogens is 430 g/mol. The highest BCUT2D eigenvalue weighted by Gasteiger charge is 2.29. The van der Waals surface area contributed by atoms with Gasteiger partial charge in [0.1, 0.15) is 5.82 Å². The summed E-state index contributed by atoms with van der Waals surface area (Å²) < 4.78 is 11.2. The van der Waals surface area contributed by atoms with E-state index in [9.17, 15) is 9.59 Å². The van der Waals surface area contributed by atoms with Crippen LogP contribution in [-0.4, -0.2) is 48.5 Å². The average molecular weight is 460 g/mol. The van der Waals surface area contributed by atoms with Gasteiger partial charge in [-0.25, -0.2) is 4.98 Å². The van der Waals surface area contributed by atoms with Gasteiger partial charge < -0.3 is 19.7 Å². The molecule has 1 saturated heterocycles. The molecule has 0 spiro atoms. The Morgan fingerprint density at radius 3 is 2.62 bits per heavy atom. The lowest BCUT2D eigenvalue weighted by Crippen LogP contribution is -2.41. The van der Waals surface area contributed by atoms with Crippen molar-refractivity contribution >= 4 is 29.2 Å². The Morgan fingerprint density at radius 1 is 1.25 bits per heavy atom. The SMILES string of the molecule is COc1cc(C(=O)N2CCC(C(=O)Nc3ccccn3)CC2)cc(Cl)c1OCCC(C)C. The van der Waals surface area contributed by atoms with Gasteiger partial charge in [0.15, 0.2) is 11.5 Å². The monoisotopic (exact) mass is 459 g/mol. The molecular formula is C24H30ClN3O4. The second kappa shape index (κ2) is 11.2. The Bertz CT molecular complexity index is 928.